The first-order chi connectivity index (χ1) is 10.3. The highest BCUT2D eigenvalue weighted by Gasteiger charge is 2.13. The number of hydrogen-bond acceptors (Lipinski definition) is 2. The Bertz CT molecular complexity index is 610. The van der Waals surface area contributed by atoms with Crippen LogP contribution in [0.1, 0.15) is 25.7 Å². The second kappa shape index (κ2) is 6.72. The molecule has 0 atom stereocenters. The van der Waals surface area contributed by atoms with Gasteiger partial charge in [0, 0.05) is 11.1 Å². The Balaban J connectivity index is 1.68. The van der Waals surface area contributed by atoms with Gasteiger partial charge in [-0.1, -0.05) is 49.2 Å². The van der Waals surface area contributed by atoms with Crippen LogP contribution < -0.4 is 5.32 Å². The van der Waals surface area contributed by atoms with Crippen molar-refractivity contribution in [2.75, 3.05) is 25.0 Å². The summed E-state index contributed by atoms with van der Waals surface area (Å²) in [6.45, 7) is 2.59. The molecule has 2 aromatic carbocycles. The molecule has 0 saturated carbocycles. The second-order valence-electron chi connectivity index (χ2n) is 5.77. The number of hydrogen-bond donors (Lipinski definition) is 1. The third-order valence-corrected chi connectivity index (χ3v) is 4.13. The van der Waals surface area contributed by atoms with Crippen LogP contribution in [-0.4, -0.2) is 30.4 Å². The molecule has 1 aliphatic rings. The summed E-state index contributed by atoms with van der Waals surface area (Å²) in [7, 11) is 0. The molecule has 0 spiro atoms. The van der Waals surface area contributed by atoms with Crippen molar-refractivity contribution in [1.29, 1.82) is 0 Å². The van der Waals surface area contributed by atoms with Gasteiger partial charge in [0.15, 0.2) is 0 Å². The fraction of sp³-hybridized carbons (Fsp3) is 0.389. The SMILES string of the molecule is O=C(CN1CCCCCC1)Nc1cccc2ccccc12. The minimum absolute atomic E-state index is 0.0910. The first-order valence-corrected chi connectivity index (χ1v) is 7.83. The van der Waals surface area contributed by atoms with Crippen molar-refractivity contribution in [1.82, 2.24) is 4.90 Å². The molecule has 1 N–H and O–H groups in total. The molecular weight excluding hydrogens is 260 g/mol. The number of fused-ring (bicyclic) bond motifs is 1. The van der Waals surface area contributed by atoms with E-state index < -0.39 is 0 Å². The fourth-order valence-electron chi connectivity index (χ4n) is 3.02. The Morgan fingerprint density at radius 3 is 2.48 bits per heavy atom. The Hall–Kier alpha value is -1.87. The Kier molecular flexibility index (Phi) is 4.51. The van der Waals surface area contributed by atoms with Crippen LogP contribution in [0.3, 0.4) is 0 Å². The number of carbonyl (C=O) groups is 1. The van der Waals surface area contributed by atoms with E-state index in [1.807, 2.05) is 24.3 Å². The van der Waals surface area contributed by atoms with Crippen LogP contribution in [-0.2, 0) is 4.79 Å². The number of anilines is 1. The number of nitrogens with zero attached hydrogens (tertiary/aromatic N) is 1. The summed E-state index contributed by atoms with van der Waals surface area (Å²) in [5, 5.41) is 5.33. The van der Waals surface area contributed by atoms with E-state index in [9.17, 15) is 4.79 Å². The smallest absolute Gasteiger partial charge is 0.238 e. The zero-order valence-corrected chi connectivity index (χ0v) is 12.3. The normalized spacial score (nSPS) is 16.6. The largest absolute Gasteiger partial charge is 0.324 e. The number of benzene rings is 2. The maximum absolute atomic E-state index is 12.3. The van der Waals surface area contributed by atoms with E-state index in [4.69, 9.17) is 0 Å². The van der Waals surface area contributed by atoms with E-state index in [0.717, 1.165) is 29.5 Å². The van der Waals surface area contributed by atoms with Crippen LogP contribution >= 0.6 is 0 Å². The molecule has 0 unspecified atom stereocenters. The zero-order valence-electron chi connectivity index (χ0n) is 12.3. The monoisotopic (exact) mass is 282 g/mol. The van der Waals surface area contributed by atoms with Crippen molar-refractivity contribution in [3.05, 3.63) is 42.5 Å². The van der Waals surface area contributed by atoms with Gasteiger partial charge in [-0.25, -0.2) is 0 Å². The summed E-state index contributed by atoms with van der Waals surface area (Å²) < 4.78 is 0. The molecule has 3 heteroatoms. The van der Waals surface area contributed by atoms with Gasteiger partial charge in [-0.15, -0.1) is 0 Å². The average Bonchev–Trinajstić information content (AvgIpc) is 2.76. The number of nitrogens with one attached hydrogen (secondary N) is 1. The molecule has 1 saturated heterocycles. The second-order valence-corrected chi connectivity index (χ2v) is 5.77. The quantitative estimate of drug-likeness (QED) is 0.932. The molecule has 0 aliphatic carbocycles. The number of carbonyl (C=O) groups excluding carboxylic acids is 1. The van der Waals surface area contributed by atoms with E-state index in [1.165, 1.54) is 25.7 Å². The number of amides is 1. The van der Waals surface area contributed by atoms with Crippen molar-refractivity contribution >= 4 is 22.4 Å². The highest BCUT2D eigenvalue weighted by Crippen LogP contribution is 2.22. The molecule has 0 aromatic heterocycles. The van der Waals surface area contributed by atoms with Gasteiger partial charge in [-0.3, -0.25) is 9.69 Å². The van der Waals surface area contributed by atoms with Crippen LogP contribution in [0.4, 0.5) is 5.69 Å². The molecular formula is C18H22N2O. The molecule has 0 radical (unpaired) electrons. The summed E-state index contributed by atoms with van der Waals surface area (Å²) in [5.41, 5.74) is 0.910. The molecule has 1 aliphatic heterocycles. The standard InChI is InChI=1S/C18H22N2O/c21-18(14-20-12-5-1-2-6-13-20)19-17-11-7-9-15-8-3-4-10-16(15)17/h3-4,7-11H,1-2,5-6,12-14H2,(H,19,21). The van der Waals surface area contributed by atoms with Crippen LogP contribution in [0, 0.1) is 0 Å². The van der Waals surface area contributed by atoms with E-state index in [2.05, 4.69) is 28.4 Å². The maximum atomic E-state index is 12.3. The van der Waals surface area contributed by atoms with Gasteiger partial charge in [0.25, 0.3) is 0 Å². The predicted octanol–water partition coefficient (Wildman–Crippen LogP) is 3.65. The average molecular weight is 282 g/mol. The van der Waals surface area contributed by atoms with Gasteiger partial charge in [0.1, 0.15) is 0 Å². The van der Waals surface area contributed by atoms with Crippen molar-refractivity contribution in [3.8, 4) is 0 Å². The predicted molar refractivity (Wildman–Crippen MR) is 87.5 cm³/mol. The lowest BCUT2D eigenvalue weighted by Crippen LogP contribution is -2.33. The minimum atomic E-state index is 0.0910. The molecule has 2 aromatic rings. The minimum Gasteiger partial charge on any atom is -0.324 e. The van der Waals surface area contributed by atoms with Crippen LogP contribution in [0.15, 0.2) is 42.5 Å². The lowest BCUT2D eigenvalue weighted by molar-refractivity contribution is -0.117. The third kappa shape index (κ3) is 3.61. The Morgan fingerprint density at radius 2 is 1.67 bits per heavy atom. The molecule has 3 nitrogen and oxygen atoms in total. The summed E-state index contributed by atoms with van der Waals surface area (Å²) >= 11 is 0. The van der Waals surface area contributed by atoms with E-state index in [1.54, 1.807) is 0 Å². The van der Waals surface area contributed by atoms with Gasteiger partial charge in [0.05, 0.1) is 6.54 Å². The summed E-state index contributed by atoms with van der Waals surface area (Å²) in [6.07, 6.45) is 5.01. The van der Waals surface area contributed by atoms with Crippen molar-refractivity contribution in [3.63, 3.8) is 0 Å². The summed E-state index contributed by atoms with van der Waals surface area (Å²) in [5.74, 6) is 0.0910. The molecule has 21 heavy (non-hydrogen) atoms. The zero-order chi connectivity index (χ0) is 14.5. The Labute approximate surface area is 125 Å². The van der Waals surface area contributed by atoms with E-state index in [0.29, 0.717) is 6.54 Å². The summed E-state index contributed by atoms with van der Waals surface area (Å²) in [4.78, 5) is 14.6. The number of rotatable bonds is 3. The van der Waals surface area contributed by atoms with Gasteiger partial charge in [-0.2, -0.15) is 0 Å². The van der Waals surface area contributed by atoms with Crippen LogP contribution in [0.5, 0.6) is 0 Å². The van der Waals surface area contributed by atoms with Gasteiger partial charge >= 0.3 is 0 Å². The lowest BCUT2D eigenvalue weighted by atomic mass is 10.1. The maximum Gasteiger partial charge on any atom is 0.238 e. The highest BCUT2D eigenvalue weighted by atomic mass is 16.2. The van der Waals surface area contributed by atoms with Gasteiger partial charge in [-0.05, 0) is 37.4 Å². The number of likely N-dealkylation sites (tertiary alicyclic amines) is 1. The Morgan fingerprint density at radius 1 is 0.952 bits per heavy atom. The lowest BCUT2D eigenvalue weighted by Gasteiger charge is -2.19. The molecule has 3 rings (SSSR count). The topological polar surface area (TPSA) is 32.3 Å². The van der Waals surface area contributed by atoms with E-state index >= 15 is 0 Å². The van der Waals surface area contributed by atoms with Gasteiger partial charge in [0.2, 0.25) is 5.91 Å². The van der Waals surface area contributed by atoms with Crippen molar-refractivity contribution in [2.45, 2.75) is 25.7 Å². The van der Waals surface area contributed by atoms with Crippen LogP contribution in [0.25, 0.3) is 10.8 Å². The van der Waals surface area contributed by atoms with Crippen molar-refractivity contribution < 1.29 is 4.79 Å². The molecule has 1 heterocycles. The van der Waals surface area contributed by atoms with E-state index in [-0.39, 0.29) is 5.91 Å². The fourth-order valence-corrected chi connectivity index (χ4v) is 3.02. The van der Waals surface area contributed by atoms with Crippen LogP contribution in [0.2, 0.25) is 0 Å². The molecule has 1 fully saturated rings. The highest BCUT2D eigenvalue weighted by molar-refractivity contribution is 6.02. The first kappa shape index (κ1) is 14.1. The molecule has 0 bridgehead atoms. The van der Waals surface area contributed by atoms with Crippen molar-refractivity contribution in [2.24, 2.45) is 0 Å². The summed E-state index contributed by atoms with van der Waals surface area (Å²) in [6, 6.07) is 14.2. The van der Waals surface area contributed by atoms with Gasteiger partial charge < -0.3 is 5.32 Å². The molecule has 110 valence electrons. The first-order valence-electron chi connectivity index (χ1n) is 7.83. The molecule has 1 amide bonds. The third-order valence-electron chi connectivity index (χ3n) is 4.13.